The van der Waals surface area contributed by atoms with Gasteiger partial charge in [0.2, 0.25) is 0 Å². The zero-order chi connectivity index (χ0) is 26.8. The number of hydrogen-bond donors (Lipinski definition) is 1. The molecule has 1 aliphatic rings. The second-order valence-electron chi connectivity index (χ2n) is 8.75. The highest BCUT2D eigenvalue weighted by Crippen LogP contribution is 2.38. The number of fused-ring (bicyclic) bond motifs is 1. The number of ether oxygens (including phenoxy) is 2. The Hall–Kier alpha value is -4.43. The Morgan fingerprint density at radius 3 is 2.45 bits per heavy atom. The van der Waals surface area contributed by atoms with E-state index in [1.807, 2.05) is 49.4 Å². The maximum absolute atomic E-state index is 13.2. The van der Waals surface area contributed by atoms with E-state index in [0.717, 1.165) is 26.8 Å². The highest BCUT2D eigenvalue weighted by Gasteiger charge is 2.36. The average molecular weight is 571 g/mol. The molecule has 0 radical (unpaired) electrons. The maximum Gasteiger partial charge on any atom is 0.335 e. The molecule has 38 heavy (non-hydrogen) atoms. The first-order valence-corrected chi connectivity index (χ1v) is 12.6. The monoisotopic (exact) mass is 570 g/mol. The number of carbonyl (C=O) groups excluding carboxylic acids is 3. The number of hydrogen-bond acceptors (Lipinski definition) is 5. The lowest BCUT2D eigenvalue weighted by molar-refractivity contribution is -0.122. The smallest absolute Gasteiger partial charge is 0.335 e. The van der Waals surface area contributed by atoms with Crippen LogP contribution in [0.2, 0.25) is 0 Å². The number of nitrogens with zero attached hydrogens (tertiary/aromatic N) is 1. The van der Waals surface area contributed by atoms with Gasteiger partial charge in [-0.05, 0) is 75.1 Å². The van der Waals surface area contributed by atoms with Crippen LogP contribution in [0.25, 0.3) is 16.8 Å². The minimum Gasteiger partial charge on any atom is -0.493 e. The summed E-state index contributed by atoms with van der Waals surface area (Å²) < 4.78 is 12.3. The number of amides is 4. The first-order valence-electron chi connectivity index (χ1n) is 11.8. The summed E-state index contributed by atoms with van der Waals surface area (Å²) >= 11 is 3.54. The molecule has 0 aliphatic carbocycles. The van der Waals surface area contributed by atoms with Gasteiger partial charge in [0.25, 0.3) is 11.8 Å². The van der Waals surface area contributed by atoms with Gasteiger partial charge >= 0.3 is 6.03 Å². The number of rotatable bonds is 6. The molecule has 0 unspecified atom stereocenters. The number of carbonyl (C=O) groups is 3. The minimum atomic E-state index is -0.794. The van der Waals surface area contributed by atoms with Crippen LogP contribution in [0.1, 0.15) is 16.7 Å². The van der Waals surface area contributed by atoms with Gasteiger partial charge in [-0.25, -0.2) is 9.69 Å². The van der Waals surface area contributed by atoms with Gasteiger partial charge in [-0.1, -0.05) is 60.2 Å². The van der Waals surface area contributed by atoms with E-state index in [1.165, 1.54) is 13.2 Å². The molecular formula is C30H23BrN2O5. The number of methoxy groups -OCH3 is 1. The van der Waals surface area contributed by atoms with Crippen molar-refractivity contribution in [3.05, 3.63) is 106 Å². The van der Waals surface area contributed by atoms with Gasteiger partial charge in [-0.15, -0.1) is 0 Å². The fourth-order valence-corrected chi connectivity index (χ4v) is 4.86. The van der Waals surface area contributed by atoms with Gasteiger partial charge in [0, 0.05) is 0 Å². The normalized spacial score (nSPS) is 14.7. The Kier molecular flexibility index (Phi) is 6.98. The highest BCUT2D eigenvalue weighted by molar-refractivity contribution is 9.10. The van der Waals surface area contributed by atoms with Gasteiger partial charge in [-0.2, -0.15) is 0 Å². The molecule has 0 aromatic heterocycles. The number of nitrogens with one attached hydrogen (secondary N) is 1. The van der Waals surface area contributed by atoms with Crippen molar-refractivity contribution in [2.24, 2.45) is 0 Å². The van der Waals surface area contributed by atoms with E-state index in [0.29, 0.717) is 33.8 Å². The first kappa shape index (κ1) is 25.2. The molecule has 1 fully saturated rings. The van der Waals surface area contributed by atoms with Crippen molar-refractivity contribution < 1.29 is 23.9 Å². The molecular weight excluding hydrogens is 548 g/mol. The molecule has 1 saturated heterocycles. The summed E-state index contributed by atoms with van der Waals surface area (Å²) in [5.41, 5.74) is 2.71. The molecule has 0 bridgehead atoms. The molecule has 1 aliphatic heterocycles. The number of barbiturate groups is 1. The number of aryl methyl sites for hydroxylation is 1. The Labute approximate surface area is 227 Å². The molecule has 1 N–H and O–H groups in total. The predicted molar refractivity (Wildman–Crippen MR) is 149 cm³/mol. The zero-order valence-electron chi connectivity index (χ0n) is 20.7. The standard InChI is InChI=1S/C30H23BrN2O5/c1-18-10-12-22(13-11-18)33-29(35)24(28(34)32-30(33)36)14-19-15-25(31)27(26(16-19)37-2)38-17-21-8-5-7-20-6-3-4-9-23(20)21/h3-16H,17H2,1-2H3,(H,32,34,36). The lowest BCUT2D eigenvalue weighted by Crippen LogP contribution is -2.54. The van der Waals surface area contributed by atoms with Crippen molar-refractivity contribution >= 4 is 56.3 Å². The number of halogens is 1. The summed E-state index contributed by atoms with van der Waals surface area (Å²) in [4.78, 5) is 39.2. The molecule has 4 amide bonds. The summed E-state index contributed by atoms with van der Waals surface area (Å²) in [6, 6.07) is 23.6. The van der Waals surface area contributed by atoms with E-state index in [2.05, 4.69) is 21.2 Å². The van der Waals surface area contributed by atoms with E-state index < -0.39 is 17.8 Å². The zero-order valence-corrected chi connectivity index (χ0v) is 22.2. The van der Waals surface area contributed by atoms with Crippen molar-refractivity contribution in [2.75, 3.05) is 12.0 Å². The van der Waals surface area contributed by atoms with Gasteiger partial charge in [0.15, 0.2) is 11.5 Å². The van der Waals surface area contributed by atoms with Crippen molar-refractivity contribution in [1.29, 1.82) is 0 Å². The molecule has 0 atom stereocenters. The second kappa shape index (κ2) is 10.5. The lowest BCUT2D eigenvalue weighted by Gasteiger charge is -2.26. The van der Waals surface area contributed by atoms with Gasteiger partial charge in [0.1, 0.15) is 12.2 Å². The third-order valence-corrected chi connectivity index (χ3v) is 6.80. The third kappa shape index (κ3) is 4.90. The maximum atomic E-state index is 13.2. The fraction of sp³-hybridized carbons (Fsp3) is 0.100. The Morgan fingerprint density at radius 2 is 1.68 bits per heavy atom. The Morgan fingerprint density at radius 1 is 0.947 bits per heavy atom. The topological polar surface area (TPSA) is 84.9 Å². The molecule has 7 nitrogen and oxygen atoms in total. The summed E-state index contributed by atoms with van der Waals surface area (Å²) in [7, 11) is 1.51. The first-order chi connectivity index (χ1) is 18.4. The highest BCUT2D eigenvalue weighted by atomic mass is 79.9. The minimum absolute atomic E-state index is 0.177. The molecule has 1 heterocycles. The molecule has 190 valence electrons. The van der Waals surface area contributed by atoms with E-state index in [-0.39, 0.29) is 5.57 Å². The van der Waals surface area contributed by atoms with Gasteiger partial charge in [-0.3, -0.25) is 14.9 Å². The Bertz CT molecular complexity index is 1610. The van der Waals surface area contributed by atoms with Crippen LogP contribution < -0.4 is 19.7 Å². The van der Waals surface area contributed by atoms with Gasteiger partial charge < -0.3 is 9.47 Å². The molecule has 4 aromatic rings. The van der Waals surface area contributed by atoms with Crippen molar-refractivity contribution in [2.45, 2.75) is 13.5 Å². The van der Waals surface area contributed by atoms with Crippen LogP contribution in [-0.4, -0.2) is 25.0 Å². The molecule has 4 aromatic carbocycles. The van der Waals surface area contributed by atoms with Crippen LogP contribution in [0.4, 0.5) is 10.5 Å². The largest absolute Gasteiger partial charge is 0.493 e. The van der Waals surface area contributed by atoms with Crippen molar-refractivity contribution in [3.63, 3.8) is 0 Å². The number of imide groups is 2. The predicted octanol–water partition coefficient (Wildman–Crippen LogP) is 6.16. The van der Waals surface area contributed by atoms with Crippen LogP contribution >= 0.6 is 15.9 Å². The van der Waals surface area contributed by atoms with Crippen LogP contribution in [0, 0.1) is 6.92 Å². The molecule has 0 spiro atoms. The fourth-order valence-electron chi connectivity index (χ4n) is 4.28. The van der Waals surface area contributed by atoms with E-state index in [9.17, 15) is 14.4 Å². The van der Waals surface area contributed by atoms with Gasteiger partial charge in [0.05, 0.1) is 17.3 Å². The van der Waals surface area contributed by atoms with E-state index in [4.69, 9.17) is 9.47 Å². The number of urea groups is 1. The third-order valence-electron chi connectivity index (χ3n) is 6.21. The van der Waals surface area contributed by atoms with Crippen molar-refractivity contribution in [3.8, 4) is 11.5 Å². The number of anilines is 1. The second-order valence-corrected chi connectivity index (χ2v) is 9.61. The average Bonchev–Trinajstić information content (AvgIpc) is 2.91. The van der Waals surface area contributed by atoms with Crippen LogP contribution in [0.3, 0.4) is 0 Å². The molecule has 8 heteroatoms. The molecule has 0 saturated carbocycles. The quantitative estimate of drug-likeness (QED) is 0.221. The van der Waals surface area contributed by atoms with Crippen LogP contribution in [0.15, 0.2) is 88.9 Å². The summed E-state index contributed by atoms with van der Waals surface area (Å²) in [5.74, 6) is -0.580. The van der Waals surface area contributed by atoms with Crippen LogP contribution in [-0.2, 0) is 16.2 Å². The summed E-state index contributed by atoms with van der Waals surface area (Å²) in [6.07, 6.45) is 1.42. The van der Waals surface area contributed by atoms with Crippen molar-refractivity contribution in [1.82, 2.24) is 5.32 Å². The summed E-state index contributed by atoms with van der Waals surface area (Å²) in [6.45, 7) is 2.21. The van der Waals surface area contributed by atoms with E-state index in [1.54, 1.807) is 36.4 Å². The summed E-state index contributed by atoms with van der Waals surface area (Å²) in [5, 5.41) is 4.46. The van der Waals surface area contributed by atoms with E-state index >= 15 is 0 Å². The number of benzene rings is 4. The Balaban J connectivity index is 1.44. The van der Waals surface area contributed by atoms with Crippen LogP contribution in [0.5, 0.6) is 11.5 Å². The molecule has 5 rings (SSSR count). The lowest BCUT2D eigenvalue weighted by atomic mass is 10.1. The SMILES string of the molecule is COc1cc(C=C2C(=O)NC(=O)N(c3ccc(C)cc3)C2=O)cc(Br)c1OCc1cccc2ccccc12.